The summed E-state index contributed by atoms with van der Waals surface area (Å²) in [7, 11) is 5.01. The van der Waals surface area contributed by atoms with Gasteiger partial charge >= 0.3 is 18.3 Å². The number of aliphatic carboxylic acids is 1. The Bertz CT molecular complexity index is 6510. The lowest BCUT2D eigenvalue weighted by molar-refractivity contribution is -0.288. The molecule has 0 aliphatic carbocycles. The van der Waals surface area contributed by atoms with E-state index in [9.17, 15) is 35.3 Å². The summed E-state index contributed by atoms with van der Waals surface area (Å²) < 4.78 is 104. The number of hydrogen-bond donors (Lipinski definition) is 7. The number of rotatable bonds is 18. The third-order valence-electron chi connectivity index (χ3n) is 24.5. The second kappa shape index (κ2) is 38.1. The molecule has 39 heteroatoms. The lowest BCUT2D eigenvalue weighted by atomic mass is 9.68. The molecule has 4 atom stereocenters. The number of carboxylic acids is 1. The smallest absolute Gasteiger partial charge is 0.411 e. The summed E-state index contributed by atoms with van der Waals surface area (Å²) in [6, 6.07) is 56.2. The molecule has 5 aromatic heterocycles. The molecule has 27 nitrogen and oxygen atoms in total. The Morgan fingerprint density at radius 2 is 0.705 bits per heavy atom. The SMILES string of the molecule is CNC1(C)c2cc(C)ccc2N(CCc2nn[nH]n2)c2ccc(Cl)cc21.Cc1ccc2c(c1)C(C(F)(F)F)(C(F)(F)F)c1cc(Cl)ccc1N2CCc1nn[nH]n1.Cc1ccc2c(c1)C(C)(N(C)C)c1cc(Cl)ccc1N2CCc1nn[nH]n1.Cc1ccc2c(c1)C(C)(NS(C)=O)c1cc(Cl)ccc1N2CCc1nn[nH]n1.Cc1ccc2c(c1)c1cc(Cl)ccc1n2/C=C/C(=O)O. The van der Waals surface area contributed by atoms with E-state index in [2.05, 4.69) is 253 Å². The first-order valence-corrected chi connectivity index (χ1v) is 45.2. The molecule has 19 rings (SSSR count). The topological polar surface area (TPSA) is 317 Å². The van der Waals surface area contributed by atoms with Crippen molar-refractivity contribution in [1.29, 1.82) is 0 Å². The zero-order chi connectivity index (χ0) is 94.3. The third-order valence-corrected chi connectivity index (χ3v) is 26.3. The van der Waals surface area contributed by atoms with E-state index in [1.807, 2.05) is 73.1 Å². The van der Waals surface area contributed by atoms with E-state index in [-0.39, 0.29) is 51.8 Å². The highest BCUT2D eigenvalue weighted by atomic mass is 35.5. The van der Waals surface area contributed by atoms with Crippen molar-refractivity contribution in [3.05, 3.63) is 309 Å². The maximum absolute atomic E-state index is 14.4. The monoisotopic (exact) mass is 1910 g/mol. The van der Waals surface area contributed by atoms with Gasteiger partial charge in [-0.3, -0.25) is 4.90 Å². The molecule has 4 aliphatic rings. The molecule has 0 spiro atoms. The molecule has 4 aliphatic heterocycles. The predicted octanol–water partition coefficient (Wildman–Crippen LogP) is 19.6. The predicted molar refractivity (Wildman–Crippen MR) is 504 cm³/mol. The van der Waals surface area contributed by atoms with Crippen LogP contribution in [0.1, 0.15) is 116 Å². The fraction of sp³-hybridized carbons (Fsp3) is 0.280. The minimum Gasteiger partial charge on any atom is -0.478 e. The van der Waals surface area contributed by atoms with Crippen LogP contribution in [0, 0.1) is 34.6 Å². The highest BCUT2D eigenvalue weighted by Crippen LogP contribution is 2.64. The number of carboxylic acid groups (broad SMARTS) is 1. The van der Waals surface area contributed by atoms with Crippen LogP contribution in [0.2, 0.25) is 25.1 Å². The summed E-state index contributed by atoms with van der Waals surface area (Å²) >= 11 is 31.1. The average molecular weight is 1920 g/mol. The first-order valence-electron chi connectivity index (χ1n) is 41.7. The van der Waals surface area contributed by atoms with Crippen molar-refractivity contribution in [2.24, 2.45) is 0 Å². The van der Waals surface area contributed by atoms with Crippen molar-refractivity contribution in [1.82, 2.24) is 102 Å². The van der Waals surface area contributed by atoms with Gasteiger partial charge in [0.2, 0.25) is 5.41 Å². The molecule has 132 heavy (non-hydrogen) atoms. The van der Waals surface area contributed by atoms with E-state index < -0.39 is 51.4 Å². The molecule has 10 aromatic carbocycles. The number of aromatic amines is 4. The molecule has 7 N–H and O–H groups in total. The second-order valence-corrected chi connectivity index (χ2v) is 36.4. The Morgan fingerprint density at radius 1 is 0.424 bits per heavy atom. The first kappa shape index (κ1) is 94.4. The standard InChI is InChI=1S/C20H23ClN6.C19H14ClF6N5.C19H21ClN6OS.C19H21ClN6.C16H12ClNO2/c1-13-5-7-17-15(11-13)20(2,26(3)4)16-12-14(21)6-8-18(16)27(17)10-9-19-22-24-25-23-19;1-10-2-4-14-12(8-10)17(18(21,22)23,19(24,25)26)13-9-11(20)3-5-15(13)31(14)7-6-16-27-29-30-28-16;1-12-4-6-16-14(10-12)19(2,23-28(3)27)15-11-13(20)5-7-17(15)26(16)9-8-18-21-24-25-22-18;1-12-4-6-16-14(10-12)19(2,21-3)15-11-13(20)5-7-17(15)26(16)9-8-18-22-24-25-23-18;1-10-2-4-14-12(8-10)13-9-11(17)3-5-15(13)18(14)7-6-16(19)20/h5-8,11-12H,9-10H2,1-4H3,(H,22,23,24,25);2-5,8-9H,6-7H2,1H3,(H,27,28,29,30);4-7,10-11,23H,8-9H2,1-3H3,(H,21,22,24,25);4-7,10-11,21H,8-9H2,1-3H3,(H,22,23,24,25);2-9H,1H3,(H,19,20)/b;;;;7-6+. The molecule has 4 unspecified atom stereocenters. The van der Waals surface area contributed by atoms with E-state index in [1.165, 1.54) is 80.8 Å². The molecule has 9 heterocycles. The summed E-state index contributed by atoms with van der Waals surface area (Å²) in [4.78, 5) is 21.3. The van der Waals surface area contributed by atoms with Crippen molar-refractivity contribution >= 4 is 148 Å². The van der Waals surface area contributed by atoms with Gasteiger partial charge in [-0.25, -0.2) is 13.7 Å². The maximum atomic E-state index is 14.4. The van der Waals surface area contributed by atoms with E-state index in [4.69, 9.17) is 63.1 Å². The summed E-state index contributed by atoms with van der Waals surface area (Å²) in [6.45, 7) is 18.5. The van der Waals surface area contributed by atoms with Crippen molar-refractivity contribution in [2.75, 3.05) is 73.2 Å². The maximum Gasteiger partial charge on any atom is 0.411 e. The number of aromatic nitrogens is 17. The van der Waals surface area contributed by atoms with Crippen molar-refractivity contribution in [3.63, 3.8) is 0 Å². The molecule has 0 fully saturated rings. The van der Waals surface area contributed by atoms with Gasteiger partial charge in [-0.1, -0.05) is 161 Å². The van der Waals surface area contributed by atoms with Gasteiger partial charge in [0.15, 0.2) is 23.3 Å². The third kappa shape index (κ3) is 18.5. The van der Waals surface area contributed by atoms with Gasteiger partial charge in [0.25, 0.3) is 0 Å². The minimum atomic E-state index is -5.67. The minimum absolute atomic E-state index is 0.0238. The van der Waals surface area contributed by atoms with Gasteiger partial charge in [0, 0.05) is 196 Å². The number of aryl methyl sites for hydroxylation is 5. The Morgan fingerprint density at radius 3 is 1.07 bits per heavy atom. The molecule has 0 radical (unpaired) electrons. The van der Waals surface area contributed by atoms with Crippen molar-refractivity contribution in [2.45, 2.75) is 115 Å². The summed E-state index contributed by atoms with van der Waals surface area (Å²) in [5.41, 5.74) is 12.9. The highest BCUT2D eigenvalue weighted by Gasteiger charge is 2.75. The molecular weight excluding hydrogens is 1820 g/mol. The fourth-order valence-electron chi connectivity index (χ4n) is 17.9. The molecular formula is C93H91Cl5F6N24O3S. The van der Waals surface area contributed by atoms with Gasteiger partial charge in [0.1, 0.15) is 0 Å². The molecule has 0 saturated carbocycles. The number of anilines is 8. The number of H-pyrrole nitrogens is 4. The van der Waals surface area contributed by atoms with Gasteiger partial charge < -0.3 is 34.6 Å². The van der Waals surface area contributed by atoms with Crippen LogP contribution < -0.4 is 29.6 Å². The van der Waals surface area contributed by atoms with Crippen molar-refractivity contribution in [3.8, 4) is 0 Å². The van der Waals surface area contributed by atoms with Crippen LogP contribution in [-0.2, 0) is 63.5 Å². The average Bonchev–Trinajstić information content (AvgIpc) is 0.867. The van der Waals surface area contributed by atoms with Gasteiger partial charge in [-0.05, 0) is 204 Å². The number of nitrogens with zero attached hydrogens (tertiary/aromatic N) is 18. The zero-order valence-electron chi connectivity index (χ0n) is 73.5. The van der Waals surface area contributed by atoms with E-state index >= 15 is 0 Å². The Balaban J connectivity index is 0.000000127. The molecule has 0 saturated heterocycles. The van der Waals surface area contributed by atoms with E-state index in [1.54, 1.807) is 18.5 Å². The Labute approximate surface area is 783 Å². The Hall–Kier alpha value is -12.3. The van der Waals surface area contributed by atoms with Crippen LogP contribution in [0.5, 0.6) is 0 Å². The van der Waals surface area contributed by atoms with Crippen LogP contribution in [0.15, 0.2) is 188 Å². The number of fused-ring (bicyclic) bond motifs is 11. The lowest BCUT2D eigenvalue weighted by Gasteiger charge is -2.47. The van der Waals surface area contributed by atoms with Crippen LogP contribution in [0.3, 0.4) is 0 Å². The van der Waals surface area contributed by atoms with Crippen LogP contribution in [0.25, 0.3) is 28.0 Å². The summed E-state index contributed by atoms with van der Waals surface area (Å²) in [5, 5.41) is 73.2. The second-order valence-electron chi connectivity index (χ2n) is 33.1. The number of alkyl halides is 6. The molecule has 0 amide bonds. The normalized spacial score (nSPS) is 16.9. The number of nitrogens with one attached hydrogen (secondary N) is 6. The largest absolute Gasteiger partial charge is 0.478 e. The molecule has 0 bridgehead atoms. The highest BCUT2D eigenvalue weighted by molar-refractivity contribution is 7.82. The van der Waals surface area contributed by atoms with Crippen LogP contribution in [-0.4, -0.2) is 173 Å². The van der Waals surface area contributed by atoms with Crippen LogP contribution >= 0.6 is 58.0 Å². The quantitative estimate of drug-likeness (QED) is 0.0310. The molecule has 684 valence electrons. The number of hydrogen-bond acceptors (Lipinski definition) is 20. The van der Waals surface area contributed by atoms with Gasteiger partial charge in [0.05, 0.1) is 38.6 Å². The number of tetrazole rings is 4. The van der Waals surface area contributed by atoms with Crippen LogP contribution in [0.4, 0.5) is 71.8 Å². The Kier molecular flexibility index (Phi) is 27.3. The number of carbonyl (C=O) groups is 1. The first-order chi connectivity index (χ1) is 62.8. The van der Waals surface area contributed by atoms with Gasteiger partial charge in [-0.15, -0.1) is 40.8 Å². The molecule has 15 aromatic rings. The number of halogens is 11. The summed E-state index contributed by atoms with van der Waals surface area (Å²) in [5.74, 6) is 1.37. The van der Waals surface area contributed by atoms with Crippen molar-refractivity contribution < 1.29 is 40.5 Å². The van der Waals surface area contributed by atoms with E-state index in [0.29, 0.717) is 53.3 Å². The van der Waals surface area contributed by atoms with Gasteiger partial charge in [-0.2, -0.15) is 47.2 Å². The fourth-order valence-corrected chi connectivity index (χ4v) is 19.6. The summed E-state index contributed by atoms with van der Waals surface area (Å²) in [6.07, 6.45) is -4.84. The number of benzene rings is 10. The van der Waals surface area contributed by atoms with E-state index in [0.717, 1.165) is 108 Å². The lowest BCUT2D eigenvalue weighted by Crippen LogP contribution is -2.57. The zero-order valence-corrected chi connectivity index (χ0v) is 78.1.